The quantitative estimate of drug-likeness (QED) is 0.402. The lowest BCUT2D eigenvalue weighted by Crippen LogP contribution is -2.36. The summed E-state index contributed by atoms with van der Waals surface area (Å²) in [5.41, 5.74) is 5.68. The van der Waals surface area contributed by atoms with Crippen molar-refractivity contribution in [3.63, 3.8) is 0 Å². The number of likely N-dealkylation sites (tertiary alicyclic amines) is 1. The van der Waals surface area contributed by atoms with Gasteiger partial charge in [-0.3, -0.25) is 14.3 Å². The van der Waals surface area contributed by atoms with Gasteiger partial charge in [0.2, 0.25) is 0 Å². The van der Waals surface area contributed by atoms with Crippen molar-refractivity contribution < 1.29 is 4.39 Å². The van der Waals surface area contributed by atoms with Crippen molar-refractivity contribution >= 4 is 5.96 Å². The fourth-order valence-electron chi connectivity index (χ4n) is 2.06. The third-order valence-electron chi connectivity index (χ3n) is 2.99. The number of nitrogens with one attached hydrogen (secondary N) is 1. The highest BCUT2D eigenvalue weighted by molar-refractivity contribution is 5.77. The molecule has 1 heterocycles. The lowest BCUT2D eigenvalue weighted by atomic mass is 10.2. The van der Waals surface area contributed by atoms with Crippen LogP contribution in [0.15, 0.2) is 4.99 Å². The summed E-state index contributed by atoms with van der Waals surface area (Å²) < 4.78 is 11.8. The van der Waals surface area contributed by atoms with Crippen LogP contribution in [-0.2, 0) is 0 Å². The molecule has 3 N–H and O–H groups in total. The van der Waals surface area contributed by atoms with Crippen LogP contribution in [0.2, 0.25) is 0 Å². The second kappa shape index (κ2) is 7.44. The van der Waals surface area contributed by atoms with Gasteiger partial charge in [0, 0.05) is 12.6 Å². The smallest absolute Gasteiger partial charge is 0.188 e. The van der Waals surface area contributed by atoms with Gasteiger partial charge in [0.25, 0.3) is 0 Å². The van der Waals surface area contributed by atoms with Gasteiger partial charge in [-0.15, -0.1) is 0 Å². The van der Waals surface area contributed by atoms with Gasteiger partial charge >= 0.3 is 0 Å². The monoisotopic (exact) mass is 230 g/mol. The zero-order chi connectivity index (χ0) is 11.8. The highest BCUT2D eigenvalue weighted by Gasteiger charge is 2.22. The molecule has 1 rings (SSSR count). The van der Waals surface area contributed by atoms with Gasteiger partial charge in [-0.1, -0.05) is 6.92 Å². The molecule has 1 aliphatic rings. The Labute approximate surface area is 97.1 Å². The number of aliphatic imine (C=N–C) groups is 1. The predicted octanol–water partition coefficient (Wildman–Crippen LogP) is 0.735. The molecule has 0 spiro atoms. The van der Waals surface area contributed by atoms with Gasteiger partial charge in [0.1, 0.15) is 0 Å². The third kappa shape index (κ3) is 4.35. The van der Waals surface area contributed by atoms with Crippen LogP contribution in [0.4, 0.5) is 4.39 Å². The fraction of sp³-hybridized carbons (Fsp3) is 0.909. The van der Waals surface area contributed by atoms with Crippen molar-refractivity contribution in [3.05, 3.63) is 0 Å². The van der Waals surface area contributed by atoms with E-state index in [-0.39, 0.29) is 6.67 Å². The molecule has 0 aromatic heterocycles. The highest BCUT2D eigenvalue weighted by Crippen LogP contribution is 2.16. The first-order chi connectivity index (χ1) is 7.77. The van der Waals surface area contributed by atoms with Crippen LogP contribution < -0.4 is 11.1 Å². The zero-order valence-electron chi connectivity index (χ0n) is 10.1. The normalized spacial score (nSPS) is 22.6. The molecule has 0 aliphatic carbocycles. The summed E-state index contributed by atoms with van der Waals surface area (Å²) in [6.45, 7) is 5.43. The first-order valence-corrected chi connectivity index (χ1v) is 6.11. The molecule has 1 fully saturated rings. The molecule has 4 nitrogen and oxygen atoms in total. The predicted molar refractivity (Wildman–Crippen MR) is 65.4 cm³/mol. The summed E-state index contributed by atoms with van der Waals surface area (Å²) in [6.07, 6.45) is 2.94. The molecule has 0 aromatic carbocycles. The first-order valence-electron chi connectivity index (χ1n) is 6.11. The molecule has 0 radical (unpaired) electrons. The minimum absolute atomic E-state index is 0.313. The van der Waals surface area contributed by atoms with E-state index >= 15 is 0 Å². The molecule has 94 valence electrons. The Morgan fingerprint density at radius 3 is 3.12 bits per heavy atom. The van der Waals surface area contributed by atoms with Crippen molar-refractivity contribution in [2.45, 2.75) is 32.2 Å². The molecule has 16 heavy (non-hydrogen) atoms. The summed E-state index contributed by atoms with van der Waals surface area (Å²) in [5.74, 6) is 0.441. The van der Waals surface area contributed by atoms with E-state index in [4.69, 9.17) is 5.73 Å². The van der Waals surface area contributed by atoms with E-state index in [1.54, 1.807) is 0 Å². The maximum atomic E-state index is 11.8. The molecule has 5 heteroatoms. The van der Waals surface area contributed by atoms with E-state index < -0.39 is 0 Å². The van der Waals surface area contributed by atoms with Crippen molar-refractivity contribution in [3.8, 4) is 0 Å². The number of hydrogen-bond donors (Lipinski definition) is 2. The number of nitrogens with zero attached hydrogens (tertiary/aromatic N) is 2. The van der Waals surface area contributed by atoms with Crippen molar-refractivity contribution in [2.24, 2.45) is 10.7 Å². The van der Waals surface area contributed by atoms with Crippen LogP contribution in [0.5, 0.6) is 0 Å². The van der Waals surface area contributed by atoms with E-state index in [2.05, 4.69) is 22.1 Å². The standard InChI is InChI=1S/C11H23FN4/c1-2-16-8-3-5-10(16)9-15-11(13)14-7-4-6-12/h10H,2-9H2,1H3,(H3,13,14,15). The molecule has 1 atom stereocenters. The number of rotatable bonds is 6. The average Bonchev–Trinajstić information content (AvgIpc) is 2.74. The van der Waals surface area contributed by atoms with Crippen LogP contribution in [0.1, 0.15) is 26.2 Å². The minimum atomic E-state index is -0.313. The van der Waals surface area contributed by atoms with E-state index in [1.165, 1.54) is 19.4 Å². The minimum Gasteiger partial charge on any atom is -0.370 e. The average molecular weight is 230 g/mol. The second-order valence-corrected chi connectivity index (χ2v) is 4.12. The number of guanidine groups is 1. The molecule has 1 aliphatic heterocycles. The van der Waals surface area contributed by atoms with E-state index in [0.29, 0.717) is 25.0 Å². The van der Waals surface area contributed by atoms with E-state index in [9.17, 15) is 4.39 Å². The van der Waals surface area contributed by atoms with Crippen molar-refractivity contribution in [2.75, 3.05) is 32.9 Å². The summed E-state index contributed by atoms with van der Waals surface area (Å²) in [5, 5.41) is 2.91. The molecule has 0 saturated carbocycles. The van der Waals surface area contributed by atoms with Gasteiger partial charge in [0.05, 0.1) is 13.2 Å². The van der Waals surface area contributed by atoms with Crippen molar-refractivity contribution in [1.82, 2.24) is 10.2 Å². The molecule has 0 aromatic rings. The first kappa shape index (κ1) is 13.2. The van der Waals surface area contributed by atoms with Crippen molar-refractivity contribution in [1.29, 1.82) is 0 Å². The Morgan fingerprint density at radius 2 is 2.44 bits per heavy atom. The summed E-state index contributed by atoms with van der Waals surface area (Å²) >= 11 is 0. The summed E-state index contributed by atoms with van der Waals surface area (Å²) in [4.78, 5) is 6.72. The number of halogens is 1. The van der Waals surface area contributed by atoms with Crippen LogP contribution in [0, 0.1) is 0 Å². The summed E-state index contributed by atoms with van der Waals surface area (Å²) in [7, 11) is 0. The van der Waals surface area contributed by atoms with Gasteiger partial charge in [-0.05, 0) is 32.4 Å². The molecule has 1 saturated heterocycles. The van der Waals surface area contributed by atoms with Crippen LogP contribution >= 0.6 is 0 Å². The Hall–Kier alpha value is -0.840. The van der Waals surface area contributed by atoms with E-state index in [0.717, 1.165) is 13.1 Å². The molecule has 0 bridgehead atoms. The second-order valence-electron chi connectivity index (χ2n) is 4.12. The molecular formula is C11H23FN4. The number of likely N-dealkylation sites (N-methyl/N-ethyl adjacent to an activating group) is 1. The Morgan fingerprint density at radius 1 is 1.62 bits per heavy atom. The van der Waals surface area contributed by atoms with Gasteiger partial charge < -0.3 is 11.1 Å². The third-order valence-corrected chi connectivity index (χ3v) is 2.99. The van der Waals surface area contributed by atoms with Crippen LogP contribution in [-0.4, -0.2) is 49.8 Å². The highest BCUT2D eigenvalue weighted by atomic mass is 19.1. The van der Waals surface area contributed by atoms with Gasteiger partial charge in [-0.2, -0.15) is 0 Å². The van der Waals surface area contributed by atoms with Crippen LogP contribution in [0.3, 0.4) is 0 Å². The largest absolute Gasteiger partial charge is 0.370 e. The van der Waals surface area contributed by atoms with Crippen LogP contribution in [0.25, 0.3) is 0 Å². The lowest BCUT2D eigenvalue weighted by Gasteiger charge is -2.20. The fourth-order valence-corrected chi connectivity index (χ4v) is 2.06. The number of hydrogen-bond acceptors (Lipinski definition) is 2. The summed E-state index contributed by atoms with van der Waals surface area (Å²) in [6, 6.07) is 0.534. The molecule has 1 unspecified atom stereocenters. The Kier molecular flexibility index (Phi) is 6.15. The molecular weight excluding hydrogens is 207 g/mol. The maximum absolute atomic E-state index is 11.8. The zero-order valence-corrected chi connectivity index (χ0v) is 10.1. The number of nitrogens with two attached hydrogens (primary N) is 1. The topological polar surface area (TPSA) is 53.6 Å². The lowest BCUT2D eigenvalue weighted by molar-refractivity contribution is 0.273. The van der Waals surface area contributed by atoms with Gasteiger partial charge in [0.15, 0.2) is 5.96 Å². The van der Waals surface area contributed by atoms with Gasteiger partial charge in [-0.25, -0.2) is 0 Å². The SMILES string of the molecule is CCN1CCCC1CN=C(N)NCCCF. The molecule has 0 amide bonds. The Bertz CT molecular complexity index is 220. The van der Waals surface area contributed by atoms with E-state index in [1.807, 2.05) is 0 Å². The number of alkyl halides is 1. The maximum Gasteiger partial charge on any atom is 0.188 e. The Balaban J connectivity index is 2.23.